The zero-order valence-electron chi connectivity index (χ0n) is 14.9. The Kier molecular flexibility index (Phi) is 5.87. The third kappa shape index (κ3) is 5.03. The van der Waals surface area contributed by atoms with Crippen molar-refractivity contribution in [1.82, 2.24) is 0 Å². The molecule has 1 aliphatic carbocycles. The van der Waals surface area contributed by atoms with E-state index in [4.69, 9.17) is 9.84 Å². The lowest BCUT2D eigenvalue weighted by atomic mass is 9.95. The highest BCUT2D eigenvalue weighted by Crippen LogP contribution is 2.32. The normalized spacial score (nSPS) is 15.5. The van der Waals surface area contributed by atoms with Crippen molar-refractivity contribution in [3.63, 3.8) is 0 Å². The first kappa shape index (κ1) is 19.7. The van der Waals surface area contributed by atoms with E-state index < -0.39 is 17.7 Å². The van der Waals surface area contributed by atoms with Crippen LogP contribution in [0.15, 0.2) is 66.8 Å². The highest BCUT2D eigenvalue weighted by atomic mass is 19.4. The molecule has 0 amide bonds. The molecule has 2 aromatic carbocycles. The molecule has 0 bridgehead atoms. The van der Waals surface area contributed by atoms with Crippen molar-refractivity contribution >= 4 is 11.5 Å². The number of halogens is 3. The Morgan fingerprint density at radius 3 is 2.04 bits per heavy atom. The summed E-state index contributed by atoms with van der Waals surface area (Å²) in [4.78, 5) is 10.7. The largest absolute Gasteiger partial charge is 0.490 e. The molecule has 0 aromatic heterocycles. The van der Waals surface area contributed by atoms with Crippen LogP contribution in [0.4, 0.5) is 13.2 Å². The molecule has 0 unspecified atom stereocenters. The molecule has 0 spiro atoms. The van der Waals surface area contributed by atoms with Crippen LogP contribution >= 0.6 is 0 Å². The summed E-state index contributed by atoms with van der Waals surface area (Å²) in [6, 6.07) is 12.0. The van der Waals surface area contributed by atoms with Crippen LogP contribution in [0.25, 0.3) is 5.57 Å². The SMILES string of the molecule is O=C(O)C=CC=C(c1ccc(OC2CCC2)cc1)c1ccc(C(F)(F)F)cc1. The fraction of sp³-hybridized carbons (Fsp3) is 0.227. The Morgan fingerprint density at radius 1 is 1.00 bits per heavy atom. The fourth-order valence-corrected chi connectivity index (χ4v) is 2.82. The summed E-state index contributed by atoms with van der Waals surface area (Å²) in [5, 5.41) is 8.78. The molecule has 0 aliphatic heterocycles. The van der Waals surface area contributed by atoms with Crippen molar-refractivity contribution in [2.45, 2.75) is 31.5 Å². The Labute approximate surface area is 160 Å². The second kappa shape index (κ2) is 8.33. The molecule has 3 rings (SSSR count). The number of benzene rings is 2. The monoisotopic (exact) mass is 388 g/mol. The smallest absolute Gasteiger partial charge is 0.416 e. The van der Waals surface area contributed by atoms with Crippen molar-refractivity contribution in [2.75, 3.05) is 0 Å². The standard InChI is InChI=1S/C22H19F3O3/c23-22(24,25)17-11-7-15(8-12-17)20(5-2-6-21(26)27)16-9-13-19(14-10-16)28-18-3-1-4-18/h2,5-14,18H,1,3-4H2,(H,26,27). The van der Waals surface area contributed by atoms with Gasteiger partial charge in [0.2, 0.25) is 0 Å². The number of aliphatic carboxylic acids is 1. The van der Waals surface area contributed by atoms with Crippen LogP contribution in [0.3, 0.4) is 0 Å². The van der Waals surface area contributed by atoms with E-state index in [0.717, 1.165) is 42.4 Å². The molecule has 28 heavy (non-hydrogen) atoms. The summed E-state index contributed by atoms with van der Waals surface area (Å²) >= 11 is 0. The van der Waals surface area contributed by atoms with Gasteiger partial charge in [0.1, 0.15) is 5.75 Å². The Morgan fingerprint density at radius 2 is 1.57 bits per heavy atom. The predicted octanol–water partition coefficient (Wildman–Crippen LogP) is 5.71. The molecule has 146 valence electrons. The van der Waals surface area contributed by atoms with Crippen LogP contribution in [0.1, 0.15) is 36.0 Å². The molecule has 0 atom stereocenters. The van der Waals surface area contributed by atoms with Gasteiger partial charge in [0.25, 0.3) is 0 Å². The average Bonchev–Trinajstić information content (AvgIpc) is 2.62. The minimum Gasteiger partial charge on any atom is -0.490 e. The van der Waals surface area contributed by atoms with E-state index in [2.05, 4.69) is 0 Å². The first-order valence-corrected chi connectivity index (χ1v) is 8.89. The number of hydrogen-bond donors (Lipinski definition) is 1. The van der Waals surface area contributed by atoms with Crippen LogP contribution < -0.4 is 4.74 Å². The topological polar surface area (TPSA) is 46.5 Å². The number of carboxylic acids is 1. The summed E-state index contributed by atoms with van der Waals surface area (Å²) in [6.45, 7) is 0. The van der Waals surface area contributed by atoms with Crippen molar-refractivity contribution in [3.05, 3.63) is 83.4 Å². The number of hydrogen-bond acceptors (Lipinski definition) is 2. The molecule has 3 nitrogen and oxygen atoms in total. The predicted molar refractivity (Wildman–Crippen MR) is 100 cm³/mol. The second-order valence-corrected chi connectivity index (χ2v) is 6.55. The number of allylic oxidation sites excluding steroid dienone is 2. The minimum atomic E-state index is -4.41. The fourth-order valence-electron chi connectivity index (χ4n) is 2.82. The maximum absolute atomic E-state index is 12.8. The summed E-state index contributed by atoms with van der Waals surface area (Å²) < 4.78 is 44.3. The summed E-state index contributed by atoms with van der Waals surface area (Å²) in [6.07, 6.45) is 2.97. The highest BCUT2D eigenvalue weighted by molar-refractivity contribution is 5.84. The van der Waals surface area contributed by atoms with E-state index in [9.17, 15) is 18.0 Å². The number of alkyl halides is 3. The molecule has 6 heteroatoms. The number of ether oxygens (including phenoxy) is 1. The number of carboxylic acid groups (broad SMARTS) is 1. The molecule has 0 radical (unpaired) electrons. The van der Waals surface area contributed by atoms with Crippen molar-refractivity contribution in [2.24, 2.45) is 0 Å². The van der Waals surface area contributed by atoms with E-state index in [0.29, 0.717) is 11.1 Å². The zero-order valence-corrected chi connectivity index (χ0v) is 14.9. The third-order valence-corrected chi connectivity index (χ3v) is 4.55. The van der Waals surface area contributed by atoms with Gasteiger partial charge in [0.15, 0.2) is 0 Å². The van der Waals surface area contributed by atoms with Gasteiger partial charge in [-0.3, -0.25) is 0 Å². The van der Waals surface area contributed by atoms with Gasteiger partial charge in [-0.15, -0.1) is 0 Å². The van der Waals surface area contributed by atoms with E-state index >= 15 is 0 Å². The lowest BCUT2D eigenvalue weighted by Crippen LogP contribution is -2.24. The van der Waals surface area contributed by atoms with E-state index in [1.165, 1.54) is 24.6 Å². The summed E-state index contributed by atoms with van der Waals surface area (Å²) in [7, 11) is 0. The molecule has 1 saturated carbocycles. The van der Waals surface area contributed by atoms with E-state index in [1.807, 2.05) is 24.3 Å². The Bertz CT molecular complexity index is 875. The van der Waals surface area contributed by atoms with Crippen LogP contribution in [-0.4, -0.2) is 17.2 Å². The van der Waals surface area contributed by atoms with Crippen LogP contribution in [0.5, 0.6) is 5.75 Å². The highest BCUT2D eigenvalue weighted by Gasteiger charge is 2.30. The molecule has 0 saturated heterocycles. The minimum absolute atomic E-state index is 0.245. The zero-order chi connectivity index (χ0) is 20.1. The number of rotatable bonds is 6. The average molecular weight is 388 g/mol. The molecule has 1 fully saturated rings. The van der Waals surface area contributed by atoms with Crippen molar-refractivity contribution < 1.29 is 27.8 Å². The molecule has 0 heterocycles. The lowest BCUT2D eigenvalue weighted by molar-refractivity contribution is -0.137. The van der Waals surface area contributed by atoms with Gasteiger partial charge in [-0.05, 0) is 60.2 Å². The van der Waals surface area contributed by atoms with Crippen molar-refractivity contribution in [3.8, 4) is 5.75 Å². The van der Waals surface area contributed by atoms with Gasteiger partial charge in [0.05, 0.1) is 11.7 Å². The van der Waals surface area contributed by atoms with Crippen LogP contribution in [0.2, 0.25) is 0 Å². The molecular weight excluding hydrogens is 369 g/mol. The first-order chi connectivity index (χ1) is 13.3. The summed E-state index contributed by atoms with van der Waals surface area (Å²) in [5.74, 6) is -0.367. The maximum Gasteiger partial charge on any atom is 0.416 e. The molecule has 1 aliphatic rings. The third-order valence-electron chi connectivity index (χ3n) is 4.55. The van der Waals surface area contributed by atoms with Gasteiger partial charge in [-0.1, -0.05) is 36.4 Å². The molecule has 1 N–H and O–H groups in total. The quantitative estimate of drug-likeness (QED) is 0.509. The first-order valence-electron chi connectivity index (χ1n) is 8.89. The van der Waals surface area contributed by atoms with Gasteiger partial charge in [-0.25, -0.2) is 4.79 Å². The second-order valence-electron chi connectivity index (χ2n) is 6.55. The molecular formula is C22H19F3O3. The van der Waals surface area contributed by atoms with Gasteiger partial charge in [0, 0.05) is 6.08 Å². The molecule has 2 aromatic rings. The van der Waals surface area contributed by atoms with E-state index in [1.54, 1.807) is 6.08 Å². The van der Waals surface area contributed by atoms with Gasteiger partial charge < -0.3 is 9.84 Å². The van der Waals surface area contributed by atoms with Crippen LogP contribution in [-0.2, 0) is 11.0 Å². The Balaban J connectivity index is 1.89. The van der Waals surface area contributed by atoms with E-state index in [-0.39, 0.29) is 6.10 Å². The van der Waals surface area contributed by atoms with Gasteiger partial charge >= 0.3 is 12.1 Å². The Hall–Kier alpha value is -3.02. The maximum atomic E-state index is 12.8. The van der Waals surface area contributed by atoms with Gasteiger partial charge in [-0.2, -0.15) is 13.2 Å². The van der Waals surface area contributed by atoms with Crippen molar-refractivity contribution in [1.29, 1.82) is 0 Å². The lowest BCUT2D eigenvalue weighted by Gasteiger charge is -2.26. The summed E-state index contributed by atoms with van der Waals surface area (Å²) in [5.41, 5.74) is 1.17. The number of carbonyl (C=O) groups is 1. The van der Waals surface area contributed by atoms with Crippen LogP contribution in [0, 0.1) is 0 Å².